The monoisotopic (exact) mass is 491 g/mol. The first-order valence-corrected chi connectivity index (χ1v) is 11.6. The maximum atomic E-state index is 12.9. The van der Waals surface area contributed by atoms with E-state index in [0.29, 0.717) is 16.8 Å². The van der Waals surface area contributed by atoms with E-state index >= 15 is 0 Å². The second-order valence-corrected chi connectivity index (χ2v) is 8.73. The molecular weight excluding hydrogens is 467 g/mol. The minimum Gasteiger partial charge on any atom is -0.409 e. The van der Waals surface area contributed by atoms with Crippen LogP contribution in [0.2, 0.25) is 0 Å². The van der Waals surface area contributed by atoms with Crippen molar-refractivity contribution in [2.75, 3.05) is 11.9 Å². The van der Waals surface area contributed by atoms with Crippen molar-refractivity contribution in [2.24, 2.45) is 0 Å². The Kier molecular flexibility index (Phi) is 6.52. The number of nitrogens with one attached hydrogen (secondary N) is 2. The average molecular weight is 492 g/mol. The normalized spacial score (nSPS) is 13.8. The van der Waals surface area contributed by atoms with E-state index in [4.69, 9.17) is 4.74 Å². The van der Waals surface area contributed by atoms with Crippen LogP contribution in [0.25, 0.3) is 11.1 Å². The third-order valence-electron chi connectivity index (χ3n) is 6.21. The summed E-state index contributed by atoms with van der Waals surface area (Å²) >= 11 is 0. The number of aromatic nitrogens is 1. The highest BCUT2D eigenvalue weighted by Crippen LogP contribution is 2.34. The van der Waals surface area contributed by atoms with E-state index in [0.717, 1.165) is 38.2 Å². The van der Waals surface area contributed by atoms with Crippen molar-refractivity contribution >= 4 is 11.8 Å². The molecule has 1 aromatic heterocycles. The van der Waals surface area contributed by atoms with Crippen LogP contribution in [0, 0.1) is 0 Å². The van der Waals surface area contributed by atoms with Crippen LogP contribution in [-0.2, 0) is 25.7 Å². The number of benzene rings is 3. The Bertz CT molecular complexity index is 1350. The Morgan fingerprint density at radius 1 is 0.972 bits per heavy atom. The molecule has 0 unspecified atom stereocenters. The summed E-state index contributed by atoms with van der Waals surface area (Å²) in [6.07, 6.45) is -2.29. The van der Waals surface area contributed by atoms with E-state index < -0.39 is 17.8 Å². The summed E-state index contributed by atoms with van der Waals surface area (Å²) in [5.41, 5.74) is 4.51. The van der Waals surface area contributed by atoms with E-state index in [2.05, 4.69) is 21.3 Å². The molecule has 2 N–H and O–H groups in total. The number of aromatic amines is 1. The number of para-hydroxylation sites is 1. The van der Waals surface area contributed by atoms with Gasteiger partial charge in [-0.2, -0.15) is 13.2 Å². The van der Waals surface area contributed by atoms with Crippen LogP contribution >= 0.6 is 0 Å². The Hall–Kier alpha value is -4.04. The van der Waals surface area contributed by atoms with Crippen molar-refractivity contribution in [3.8, 4) is 16.9 Å². The first-order valence-electron chi connectivity index (χ1n) is 11.6. The van der Waals surface area contributed by atoms with Gasteiger partial charge in [-0.25, -0.2) is 4.79 Å². The van der Waals surface area contributed by atoms with Crippen LogP contribution in [0.1, 0.15) is 22.4 Å². The van der Waals surface area contributed by atoms with Gasteiger partial charge in [-0.15, -0.1) is 0 Å². The van der Waals surface area contributed by atoms with Crippen molar-refractivity contribution in [2.45, 2.75) is 25.7 Å². The number of rotatable bonds is 5. The number of hydrogen-bond acceptors (Lipinski definition) is 3. The number of amides is 1. The third-order valence-corrected chi connectivity index (χ3v) is 6.21. The zero-order valence-electron chi connectivity index (χ0n) is 19.3. The average Bonchev–Trinajstić information content (AvgIpc) is 3.37. The van der Waals surface area contributed by atoms with Gasteiger partial charge in [-0.05, 0) is 65.6 Å². The van der Waals surface area contributed by atoms with E-state index in [1.54, 1.807) is 24.3 Å². The highest BCUT2D eigenvalue weighted by molar-refractivity contribution is 5.88. The van der Waals surface area contributed by atoms with Gasteiger partial charge in [-0.3, -0.25) is 10.2 Å². The molecular formula is C28H24F3N3O2. The van der Waals surface area contributed by atoms with Crippen LogP contribution in [0.3, 0.4) is 0 Å². The first-order chi connectivity index (χ1) is 17.3. The van der Waals surface area contributed by atoms with Gasteiger partial charge in [0.25, 0.3) is 0 Å². The fraction of sp³-hybridized carbons (Fsp3) is 0.179. The molecule has 2 heterocycles. The summed E-state index contributed by atoms with van der Waals surface area (Å²) < 4.78 is 44.2. The summed E-state index contributed by atoms with van der Waals surface area (Å²) in [5.74, 6) is 0.257. The second kappa shape index (κ2) is 9.91. The standard InChI is InChI=1S/C28H24F3N3O2/c29-28(30,31)22-10-7-19(8-11-22)25-5-1-2-6-26(25)36-27(35)33-23-12-9-21-17-34(15-13-20(21)16-23)18-24-4-3-14-32-24/h1-12,14,16,32H,13,15,17-18H2,(H,33,35). The molecule has 4 aromatic rings. The fourth-order valence-corrected chi connectivity index (χ4v) is 4.41. The minimum absolute atomic E-state index is 0.257. The molecule has 1 aliphatic heterocycles. The van der Waals surface area contributed by atoms with Crippen LogP contribution in [-0.4, -0.2) is 22.5 Å². The number of hydrogen-bond donors (Lipinski definition) is 2. The summed E-state index contributed by atoms with van der Waals surface area (Å²) in [6.45, 7) is 2.61. The number of carbonyl (C=O) groups is 1. The summed E-state index contributed by atoms with van der Waals surface area (Å²) in [7, 11) is 0. The van der Waals surface area contributed by atoms with Gasteiger partial charge < -0.3 is 9.72 Å². The molecule has 0 fully saturated rings. The largest absolute Gasteiger partial charge is 0.417 e. The lowest BCUT2D eigenvalue weighted by Crippen LogP contribution is -2.30. The third kappa shape index (κ3) is 5.44. The van der Waals surface area contributed by atoms with Gasteiger partial charge in [0.1, 0.15) is 5.75 Å². The number of alkyl halides is 3. The van der Waals surface area contributed by atoms with E-state index in [-0.39, 0.29) is 5.75 Å². The Morgan fingerprint density at radius 2 is 1.78 bits per heavy atom. The number of halogens is 3. The molecule has 36 heavy (non-hydrogen) atoms. The SMILES string of the molecule is O=C(Nc1ccc2c(c1)CCN(Cc1ccc[nH]1)C2)Oc1ccccc1-c1ccc(C(F)(F)F)cc1. The molecule has 184 valence electrons. The predicted octanol–water partition coefficient (Wildman–Crippen LogP) is 6.87. The van der Waals surface area contributed by atoms with Crippen molar-refractivity contribution in [1.82, 2.24) is 9.88 Å². The molecule has 0 spiro atoms. The van der Waals surface area contributed by atoms with Gasteiger partial charge in [-0.1, -0.05) is 36.4 Å². The summed E-state index contributed by atoms with van der Waals surface area (Å²) in [4.78, 5) is 18.3. The van der Waals surface area contributed by atoms with E-state index in [1.807, 2.05) is 30.5 Å². The number of fused-ring (bicyclic) bond motifs is 1. The number of anilines is 1. The first kappa shape index (κ1) is 23.7. The number of nitrogens with zero attached hydrogens (tertiary/aromatic N) is 1. The molecule has 8 heteroatoms. The predicted molar refractivity (Wildman–Crippen MR) is 132 cm³/mol. The molecule has 0 atom stereocenters. The minimum atomic E-state index is -4.41. The number of H-pyrrole nitrogens is 1. The van der Waals surface area contributed by atoms with Crippen molar-refractivity contribution in [3.05, 3.63) is 107 Å². The molecule has 5 nitrogen and oxygen atoms in total. The molecule has 1 aliphatic rings. The van der Waals surface area contributed by atoms with Gasteiger partial charge >= 0.3 is 12.3 Å². The van der Waals surface area contributed by atoms with Crippen LogP contribution in [0.4, 0.5) is 23.7 Å². The van der Waals surface area contributed by atoms with Gasteiger partial charge in [0.15, 0.2) is 0 Å². The molecule has 0 saturated heterocycles. The lowest BCUT2D eigenvalue weighted by atomic mass is 9.99. The lowest BCUT2D eigenvalue weighted by Gasteiger charge is -2.28. The highest BCUT2D eigenvalue weighted by Gasteiger charge is 2.30. The quantitative estimate of drug-likeness (QED) is 0.320. The molecule has 0 aliphatic carbocycles. The van der Waals surface area contributed by atoms with Crippen LogP contribution in [0.5, 0.6) is 5.75 Å². The van der Waals surface area contributed by atoms with Crippen molar-refractivity contribution < 1.29 is 22.7 Å². The molecule has 0 saturated carbocycles. The maximum Gasteiger partial charge on any atom is 0.417 e. The zero-order chi connectivity index (χ0) is 25.1. The van der Waals surface area contributed by atoms with E-state index in [1.165, 1.54) is 29.0 Å². The number of carbonyl (C=O) groups excluding carboxylic acids is 1. The topological polar surface area (TPSA) is 57.4 Å². The molecule has 3 aromatic carbocycles. The smallest absolute Gasteiger partial charge is 0.409 e. The van der Waals surface area contributed by atoms with Gasteiger partial charge in [0.2, 0.25) is 0 Å². The highest BCUT2D eigenvalue weighted by atomic mass is 19.4. The molecule has 0 bridgehead atoms. The summed E-state index contributed by atoms with van der Waals surface area (Å²) in [5, 5.41) is 2.77. The second-order valence-electron chi connectivity index (χ2n) is 8.73. The fourth-order valence-electron chi connectivity index (χ4n) is 4.41. The number of ether oxygens (including phenoxy) is 1. The zero-order valence-corrected chi connectivity index (χ0v) is 19.3. The Labute approximate surface area is 206 Å². The Balaban J connectivity index is 1.25. The molecule has 5 rings (SSSR count). The van der Waals surface area contributed by atoms with Gasteiger partial charge in [0.05, 0.1) is 5.56 Å². The Morgan fingerprint density at radius 3 is 2.53 bits per heavy atom. The van der Waals surface area contributed by atoms with Gasteiger partial charge in [0, 0.05) is 42.8 Å². The molecule has 0 radical (unpaired) electrons. The molecule has 1 amide bonds. The van der Waals surface area contributed by atoms with Crippen molar-refractivity contribution in [3.63, 3.8) is 0 Å². The van der Waals surface area contributed by atoms with Crippen LogP contribution in [0.15, 0.2) is 85.1 Å². The van der Waals surface area contributed by atoms with E-state index in [9.17, 15) is 18.0 Å². The summed E-state index contributed by atoms with van der Waals surface area (Å²) in [6, 6.07) is 21.4. The van der Waals surface area contributed by atoms with Crippen LogP contribution < -0.4 is 10.1 Å². The van der Waals surface area contributed by atoms with Crippen molar-refractivity contribution in [1.29, 1.82) is 0 Å². The lowest BCUT2D eigenvalue weighted by molar-refractivity contribution is -0.137. The maximum absolute atomic E-state index is 12.9.